The number of nitro benzene ring substituents is 1. The molecule has 1 amide bonds. The zero-order valence-electron chi connectivity index (χ0n) is 16.0. The van der Waals surface area contributed by atoms with Crippen molar-refractivity contribution in [1.29, 1.82) is 0 Å². The van der Waals surface area contributed by atoms with E-state index in [-0.39, 0.29) is 16.5 Å². The number of non-ortho nitro benzene ring substituents is 1. The average Bonchev–Trinajstić information content (AvgIpc) is 2.71. The first kappa shape index (κ1) is 22.1. The number of thiocarbonyl (C=S) groups is 1. The second kappa shape index (κ2) is 10.9. The molecule has 0 bridgehead atoms. The number of para-hydroxylation sites is 1. The molecule has 0 spiro atoms. The molecule has 9 nitrogen and oxygen atoms in total. The van der Waals surface area contributed by atoms with Crippen LogP contribution in [0, 0.1) is 10.1 Å². The highest BCUT2D eigenvalue weighted by Gasteiger charge is 2.16. The molecule has 29 heavy (non-hydrogen) atoms. The number of anilines is 1. The fourth-order valence-corrected chi connectivity index (χ4v) is 2.56. The molecule has 0 saturated carbocycles. The summed E-state index contributed by atoms with van der Waals surface area (Å²) < 4.78 is 16.0. The van der Waals surface area contributed by atoms with Crippen LogP contribution in [0.15, 0.2) is 42.5 Å². The van der Waals surface area contributed by atoms with Crippen molar-refractivity contribution < 1.29 is 23.9 Å². The zero-order valence-corrected chi connectivity index (χ0v) is 16.8. The van der Waals surface area contributed by atoms with Gasteiger partial charge in [-0.2, -0.15) is 0 Å². The third-order valence-corrected chi connectivity index (χ3v) is 3.90. The molecule has 154 valence electrons. The first-order chi connectivity index (χ1) is 14.0. The van der Waals surface area contributed by atoms with E-state index in [2.05, 4.69) is 10.6 Å². The standard InChI is InChI=1S/C19H21N3O6S/c1-3-27-10-11-28-16-7-5-4-6-14(16)18(23)21-19(29)20-15-9-8-13(22(24)25)12-17(15)26-2/h4-9,12H,3,10-11H2,1-2H3,(H2,20,21,23,29). The second-order valence-corrected chi connectivity index (χ2v) is 6.00. The van der Waals surface area contributed by atoms with Gasteiger partial charge in [0.2, 0.25) is 0 Å². The van der Waals surface area contributed by atoms with Crippen LogP contribution in [0.5, 0.6) is 11.5 Å². The molecule has 0 fully saturated rings. The largest absolute Gasteiger partial charge is 0.494 e. The molecule has 0 aliphatic rings. The Morgan fingerprint density at radius 3 is 2.62 bits per heavy atom. The maximum atomic E-state index is 12.6. The fourth-order valence-electron chi connectivity index (χ4n) is 2.36. The Bertz CT molecular complexity index is 890. The lowest BCUT2D eigenvalue weighted by Crippen LogP contribution is -2.34. The monoisotopic (exact) mass is 419 g/mol. The molecule has 0 heterocycles. The van der Waals surface area contributed by atoms with Crippen LogP contribution in [0.25, 0.3) is 0 Å². The van der Waals surface area contributed by atoms with Crippen molar-refractivity contribution in [3.8, 4) is 11.5 Å². The van der Waals surface area contributed by atoms with Gasteiger partial charge in [0.15, 0.2) is 5.11 Å². The number of nitrogens with one attached hydrogen (secondary N) is 2. The van der Waals surface area contributed by atoms with Gasteiger partial charge in [0, 0.05) is 12.7 Å². The van der Waals surface area contributed by atoms with Crippen LogP contribution in [0.3, 0.4) is 0 Å². The zero-order chi connectivity index (χ0) is 21.2. The topological polar surface area (TPSA) is 112 Å². The molecule has 2 aromatic rings. The summed E-state index contributed by atoms with van der Waals surface area (Å²) in [6.45, 7) is 3.18. The summed E-state index contributed by atoms with van der Waals surface area (Å²) in [6.07, 6.45) is 0. The van der Waals surface area contributed by atoms with Crippen LogP contribution in [-0.2, 0) is 4.74 Å². The molecule has 2 aromatic carbocycles. The lowest BCUT2D eigenvalue weighted by atomic mass is 10.2. The van der Waals surface area contributed by atoms with Gasteiger partial charge in [-0.3, -0.25) is 20.2 Å². The van der Waals surface area contributed by atoms with E-state index in [1.165, 1.54) is 25.3 Å². The van der Waals surface area contributed by atoms with E-state index in [1.807, 2.05) is 6.92 Å². The summed E-state index contributed by atoms with van der Waals surface area (Å²) in [7, 11) is 1.38. The van der Waals surface area contributed by atoms with E-state index in [0.717, 1.165) is 0 Å². The minimum Gasteiger partial charge on any atom is -0.494 e. The predicted octanol–water partition coefficient (Wildman–Crippen LogP) is 3.15. The molecule has 0 radical (unpaired) electrons. The molecule has 10 heteroatoms. The molecule has 2 rings (SSSR count). The SMILES string of the molecule is CCOCCOc1ccccc1C(=O)NC(=S)Nc1ccc([N+](=O)[O-])cc1OC. The maximum absolute atomic E-state index is 12.6. The van der Waals surface area contributed by atoms with E-state index >= 15 is 0 Å². The number of ether oxygens (including phenoxy) is 3. The number of hydrogen-bond acceptors (Lipinski definition) is 7. The first-order valence-electron chi connectivity index (χ1n) is 8.70. The Balaban J connectivity index is 2.04. The van der Waals surface area contributed by atoms with Gasteiger partial charge in [-0.05, 0) is 37.3 Å². The van der Waals surface area contributed by atoms with Crippen molar-refractivity contribution in [1.82, 2.24) is 5.32 Å². The summed E-state index contributed by atoms with van der Waals surface area (Å²) in [5.74, 6) is 0.159. The van der Waals surface area contributed by atoms with Crippen LogP contribution < -0.4 is 20.1 Å². The lowest BCUT2D eigenvalue weighted by molar-refractivity contribution is -0.384. The first-order valence-corrected chi connectivity index (χ1v) is 9.11. The maximum Gasteiger partial charge on any atom is 0.273 e. The Hall–Kier alpha value is -3.24. The van der Waals surface area contributed by atoms with Crippen LogP contribution in [0.2, 0.25) is 0 Å². The number of carbonyl (C=O) groups is 1. The number of rotatable bonds is 9. The minimum absolute atomic E-state index is 0.00581. The van der Waals surface area contributed by atoms with E-state index in [9.17, 15) is 14.9 Å². The highest BCUT2D eigenvalue weighted by atomic mass is 32.1. The van der Waals surface area contributed by atoms with Gasteiger partial charge in [-0.1, -0.05) is 12.1 Å². The Kier molecular flexibility index (Phi) is 8.31. The van der Waals surface area contributed by atoms with E-state index in [0.29, 0.717) is 36.8 Å². The minimum atomic E-state index is -0.533. The smallest absolute Gasteiger partial charge is 0.273 e. The molecule has 0 atom stereocenters. The van der Waals surface area contributed by atoms with Crippen LogP contribution in [-0.4, -0.2) is 42.9 Å². The van der Waals surface area contributed by atoms with E-state index in [1.54, 1.807) is 24.3 Å². The van der Waals surface area contributed by atoms with Crippen LogP contribution in [0.4, 0.5) is 11.4 Å². The number of carbonyl (C=O) groups excluding carboxylic acids is 1. The number of nitrogens with zero attached hydrogens (tertiary/aromatic N) is 1. The molecule has 2 N–H and O–H groups in total. The van der Waals surface area contributed by atoms with Crippen molar-refractivity contribution in [2.45, 2.75) is 6.92 Å². The number of methoxy groups -OCH3 is 1. The highest BCUT2D eigenvalue weighted by Crippen LogP contribution is 2.29. The fraction of sp³-hybridized carbons (Fsp3) is 0.263. The van der Waals surface area contributed by atoms with Gasteiger partial charge in [-0.25, -0.2) is 0 Å². The van der Waals surface area contributed by atoms with Crippen molar-refractivity contribution in [3.05, 3.63) is 58.1 Å². The number of hydrogen-bond donors (Lipinski definition) is 2. The quantitative estimate of drug-likeness (QED) is 0.276. The molecule has 0 aromatic heterocycles. The number of nitro groups is 1. The summed E-state index contributed by atoms with van der Waals surface area (Å²) in [4.78, 5) is 22.9. The Morgan fingerprint density at radius 2 is 1.93 bits per heavy atom. The summed E-state index contributed by atoms with van der Waals surface area (Å²) >= 11 is 5.18. The third kappa shape index (κ3) is 6.40. The van der Waals surface area contributed by atoms with E-state index < -0.39 is 10.8 Å². The summed E-state index contributed by atoms with van der Waals surface area (Å²) in [5.41, 5.74) is 0.564. The van der Waals surface area contributed by atoms with E-state index in [4.69, 9.17) is 26.4 Å². The van der Waals surface area contributed by atoms with Gasteiger partial charge < -0.3 is 19.5 Å². The van der Waals surface area contributed by atoms with Crippen molar-refractivity contribution in [2.24, 2.45) is 0 Å². The van der Waals surface area contributed by atoms with Crippen molar-refractivity contribution in [2.75, 3.05) is 32.2 Å². The lowest BCUT2D eigenvalue weighted by Gasteiger charge is -2.14. The third-order valence-electron chi connectivity index (χ3n) is 3.69. The average molecular weight is 419 g/mol. The van der Waals surface area contributed by atoms with Crippen LogP contribution in [0.1, 0.15) is 17.3 Å². The molecular formula is C19H21N3O6S. The van der Waals surface area contributed by atoms with Crippen LogP contribution >= 0.6 is 12.2 Å². The van der Waals surface area contributed by atoms with Gasteiger partial charge in [0.05, 0.1) is 36.0 Å². The molecule has 0 unspecified atom stereocenters. The van der Waals surface area contributed by atoms with Gasteiger partial charge >= 0.3 is 0 Å². The molecule has 0 saturated heterocycles. The summed E-state index contributed by atoms with van der Waals surface area (Å²) in [5, 5.41) is 16.2. The van der Waals surface area contributed by atoms with Gasteiger partial charge in [0.25, 0.3) is 11.6 Å². The number of benzene rings is 2. The molecular weight excluding hydrogens is 398 g/mol. The Morgan fingerprint density at radius 1 is 1.17 bits per heavy atom. The van der Waals surface area contributed by atoms with Gasteiger partial charge in [0.1, 0.15) is 18.1 Å². The second-order valence-electron chi connectivity index (χ2n) is 5.59. The van der Waals surface area contributed by atoms with Crippen molar-refractivity contribution >= 4 is 34.6 Å². The Labute approximate surface area is 173 Å². The number of amides is 1. The van der Waals surface area contributed by atoms with Crippen molar-refractivity contribution in [3.63, 3.8) is 0 Å². The molecule has 0 aliphatic heterocycles. The van der Waals surface area contributed by atoms with Gasteiger partial charge in [-0.15, -0.1) is 0 Å². The normalized spacial score (nSPS) is 10.1. The predicted molar refractivity (Wildman–Crippen MR) is 112 cm³/mol. The summed E-state index contributed by atoms with van der Waals surface area (Å²) in [6, 6.07) is 10.8. The molecule has 0 aliphatic carbocycles. The highest BCUT2D eigenvalue weighted by molar-refractivity contribution is 7.80.